The number of aromatic amines is 1. The van der Waals surface area contributed by atoms with E-state index in [1.807, 2.05) is 0 Å². The standard InChI is InChI=1S/C28H25N3O4S/c1-3-16-5-9-20-18(11-16)7-8-19-12-17(4-2)6-10-21(19)25(20)22-13-31(28(35)30-26(22)32)14-24-29-23(15-36-24)27(33)34/h5-13,15,25H,3-4,14H2,1-2H3,(H,33,34)(H,30,32,35). The van der Waals surface area contributed by atoms with Crippen LogP contribution in [0.25, 0.3) is 12.2 Å². The van der Waals surface area contributed by atoms with Crippen molar-refractivity contribution in [3.63, 3.8) is 0 Å². The Labute approximate surface area is 211 Å². The topological polar surface area (TPSA) is 105 Å². The van der Waals surface area contributed by atoms with Crippen LogP contribution in [0.3, 0.4) is 0 Å². The number of H-pyrrole nitrogens is 1. The minimum Gasteiger partial charge on any atom is -0.476 e. The number of fused-ring (bicyclic) bond motifs is 2. The van der Waals surface area contributed by atoms with Gasteiger partial charge in [0.2, 0.25) is 0 Å². The lowest BCUT2D eigenvalue weighted by Gasteiger charge is -2.22. The van der Waals surface area contributed by atoms with Crippen LogP contribution in [0.4, 0.5) is 0 Å². The zero-order chi connectivity index (χ0) is 25.4. The molecule has 0 spiro atoms. The van der Waals surface area contributed by atoms with Crippen molar-refractivity contribution < 1.29 is 9.90 Å². The number of aromatic nitrogens is 3. The Hall–Kier alpha value is -4.04. The van der Waals surface area contributed by atoms with Gasteiger partial charge in [-0.15, -0.1) is 11.3 Å². The predicted octanol–water partition coefficient (Wildman–Crippen LogP) is 4.53. The quantitative estimate of drug-likeness (QED) is 0.357. The van der Waals surface area contributed by atoms with Crippen LogP contribution in [0.15, 0.2) is 57.6 Å². The molecule has 2 aromatic carbocycles. The van der Waals surface area contributed by atoms with Crippen LogP contribution in [0.1, 0.15) is 74.2 Å². The van der Waals surface area contributed by atoms with Gasteiger partial charge in [-0.1, -0.05) is 62.4 Å². The van der Waals surface area contributed by atoms with Crippen LogP contribution < -0.4 is 11.2 Å². The summed E-state index contributed by atoms with van der Waals surface area (Å²) in [7, 11) is 0. The molecular formula is C28H25N3O4S. The Morgan fingerprint density at radius 3 is 2.14 bits per heavy atom. The number of rotatable bonds is 6. The average molecular weight is 500 g/mol. The molecule has 4 aromatic rings. The summed E-state index contributed by atoms with van der Waals surface area (Å²) in [6.45, 7) is 4.28. The first-order valence-corrected chi connectivity index (χ1v) is 12.7. The van der Waals surface area contributed by atoms with E-state index in [4.69, 9.17) is 0 Å². The van der Waals surface area contributed by atoms with Gasteiger partial charge in [0.15, 0.2) is 5.69 Å². The third-order valence-electron chi connectivity index (χ3n) is 6.61. The Bertz CT molecular complexity index is 1570. The van der Waals surface area contributed by atoms with Crippen molar-refractivity contribution in [1.82, 2.24) is 14.5 Å². The third-order valence-corrected chi connectivity index (χ3v) is 7.44. The predicted molar refractivity (Wildman–Crippen MR) is 141 cm³/mol. The maximum atomic E-state index is 13.2. The van der Waals surface area contributed by atoms with Crippen molar-refractivity contribution in [3.05, 3.63) is 118 Å². The number of aryl methyl sites for hydroxylation is 2. The highest BCUT2D eigenvalue weighted by Crippen LogP contribution is 2.38. The first-order chi connectivity index (χ1) is 17.4. The normalized spacial score (nSPS) is 12.7. The smallest absolute Gasteiger partial charge is 0.355 e. The van der Waals surface area contributed by atoms with Gasteiger partial charge in [0.05, 0.1) is 6.54 Å². The molecule has 0 radical (unpaired) electrons. The minimum atomic E-state index is -1.12. The van der Waals surface area contributed by atoms with Crippen LogP contribution >= 0.6 is 11.3 Å². The van der Waals surface area contributed by atoms with E-state index in [0.29, 0.717) is 10.6 Å². The number of aromatic carboxylic acids is 1. The van der Waals surface area contributed by atoms with Gasteiger partial charge in [0, 0.05) is 23.1 Å². The molecule has 1 aliphatic carbocycles. The van der Waals surface area contributed by atoms with E-state index in [9.17, 15) is 19.5 Å². The summed E-state index contributed by atoms with van der Waals surface area (Å²) in [6, 6.07) is 12.6. The number of thiazole rings is 1. The third kappa shape index (κ3) is 4.35. The summed E-state index contributed by atoms with van der Waals surface area (Å²) >= 11 is 1.16. The molecule has 182 valence electrons. The number of carboxylic acids is 1. The lowest BCUT2D eigenvalue weighted by Crippen LogP contribution is -2.33. The van der Waals surface area contributed by atoms with Crippen LogP contribution in [-0.2, 0) is 19.4 Å². The zero-order valence-corrected chi connectivity index (χ0v) is 20.8. The van der Waals surface area contributed by atoms with E-state index in [1.54, 1.807) is 6.20 Å². The number of hydrogen-bond donors (Lipinski definition) is 2. The largest absolute Gasteiger partial charge is 0.476 e. The molecule has 5 rings (SSSR count). The molecule has 0 amide bonds. The van der Waals surface area contributed by atoms with Crippen molar-refractivity contribution in [1.29, 1.82) is 0 Å². The van der Waals surface area contributed by atoms with E-state index >= 15 is 0 Å². The molecule has 0 atom stereocenters. The molecule has 36 heavy (non-hydrogen) atoms. The van der Waals surface area contributed by atoms with Gasteiger partial charge in [0.25, 0.3) is 5.56 Å². The first kappa shape index (κ1) is 23.7. The van der Waals surface area contributed by atoms with E-state index in [2.05, 4.69) is 72.4 Å². The molecule has 8 heteroatoms. The van der Waals surface area contributed by atoms with Crippen LogP contribution in [0, 0.1) is 0 Å². The van der Waals surface area contributed by atoms with Crippen LogP contribution in [-0.4, -0.2) is 25.6 Å². The highest BCUT2D eigenvalue weighted by atomic mass is 32.1. The molecule has 0 saturated carbocycles. The molecule has 2 aromatic heterocycles. The fraction of sp³-hybridized carbons (Fsp3) is 0.214. The molecule has 0 saturated heterocycles. The molecule has 2 heterocycles. The SMILES string of the molecule is CCc1ccc2c(c1)C=Cc1cc(CC)ccc1C2c1cn(Cc2nc(C(=O)O)cs2)c(=O)[nH]c1=O. The van der Waals surface area contributed by atoms with Crippen molar-refractivity contribution >= 4 is 29.5 Å². The molecule has 0 aliphatic heterocycles. The highest BCUT2D eigenvalue weighted by molar-refractivity contribution is 7.09. The average Bonchev–Trinajstić information content (AvgIpc) is 3.29. The van der Waals surface area contributed by atoms with Crippen molar-refractivity contribution in [2.75, 3.05) is 0 Å². The molecule has 1 aliphatic rings. The van der Waals surface area contributed by atoms with Crippen molar-refractivity contribution in [2.45, 2.75) is 39.2 Å². The summed E-state index contributed by atoms with van der Waals surface area (Å²) in [5.74, 6) is -1.51. The number of nitrogens with zero attached hydrogens (tertiary/aromatic N) is 2. The first-order valence-electron chi connectivity index (χ1n) is 11.8. The number of carboxylic acid groups (broad SMARTS) is 1. The number of nitrogens with one attached hydrogen (secondary N) is 1. The lowest BCUT2D eigenvalue weighted by atomic mass is 9.82. The van der Waals surface area contributed by atoms with Gasteiger partial charge >= 0.3 is 11.7 Å². The summed E-state index contributed by atoms with van der Waals surface area (Å²) in [6.07, 6.45) is 7.58. The summed E-state index contributed by atoms with van der Waals surface area (Å²) < 4.78 is 1.39. The van der Waals surface area contributed by atoms with E-state index in [-0.39, 0.29) is 18.2 Å². The fourth-order valence-electron chi connectivity index (χ4n) is 4.66. The van der Waals surface area contributed by atoms with Gasteiger partial charge in [-0.25, -0.2) is 14.6 Å². The number of hydrogen-bond acceptors (Lipinski definition) is 5. The summed E-state index contributed by atoms with van der Waals surface area (Å²) in [5, 5.41) is 11.1. The van der Waals surface area contributed by atoms with Gasteiger partial charge in [0.1, 0.15) is 5.01 Å². The second-order valence-corrected chi connectivity index (χ2v) is 9.75. The van der Waals surface area contributed by atoms with Crippen LogP contribution in [0.2, 0.25) is 0 Å². The Morgan fingerprint density at radius 1 is 1.00 bits per heavy atom. The zero-order valence-electron chi connectivity index (χ0n) is 19.9. The monoisotopic (exact) mass is 499 g/mol. The minimum absolute atomic E-state index is 0.0643. The second-order valence-electron chi connectivity index (χ2n) is 8.80. The highest BCUT2D eigenvalue weighted by Gasteiger charge is 2.27. The number of benzene rings is 2. The Kier molecular flexibility index (Phi) is 6.28. The van der Waals surface area contributed by atoms with E-state index < -0.39 is 17.2 Å². The van der Waals surface area contributed by atoms with Gasteiger partial charge < -0.3 is 5.11 Å². The summed E-state index contributed by atoms with van der Waals surface area (Å²) in [4.78, 5) is 43.7. The molecule has 0 unspecified atom stereocenters. The number of carbonyl (C=O) groups is 1. The second kappa shape index (κ2) is 9.54. The Balaban J connectivity index is 1.69. The van der Waals surface area contributed by atoms with Gasteiger partial charge in [-0.3, -0.25) is 14.3 Å². The molecule has 7 nitrogen and oxygen atoms in total. The Morgan fingerprint density at radius 2 is 1.61 bits per heavy atom. The maximum absolute atomic E-state index is 13.2. The van der Waals surface area contributed by atoms with Crippen molar-refractivity contribution in [2.24, 2.45) is 0 Å². The molecule has 0 fully saturated rings. The van der Waals surface area contributed by atoms with Gasteiger partial charge in [-0.2, -0.15) is 0 Å². The van der Waals surface area contributed by atoms with Gasteiger partial charge in [-0.05, 0) is 46.2 Å². The lowest BCUT2D eigenvalue weighted by molar-refractivity contribution is 0.0691. The fourth-order valence-corrected chi connectivity index (χ4v) is 5.43. The van der Waals surface area contributed by atoms with E-state index in [0.717, 1.165) is 46.4 Å². The summed E-state index contributed by atoms with van der Waals surface area (Å²) in [5.41, 5.74) is 5.84. The van der Waals surface area contributed by atoms with E-state index in [1.165, 1.54) is 21.1 Å². The molecule has 0 bridgehead atoms. The molecular weight excluding hydrogens is 474 g/mol. The van der Waals surface area contributed by atoms with Crippen LogP contribution in [0.5, 0.6) is 0 Å². The maximum Gasteiger partial charge on any atom is 0.355 e. The molecule has 2 N–H and O–H groups in total. The van der Waals surface area contributed by atoms with Crippen molar-refractivity contribution in [3.8, 4) is 0 Å².